The molecule has 2 aliphatic rings. The van der Waals surface area contributed by atoms with E-state index >= 15 is 0 Å². The number of halogens is 4. The summed E-state index contributed by atoms with van der Waals surface area (Å²) in [7, 11) is 0. The maximum atomic E-state index is 14.2. The van der Waals surface area contributed by atoms with Crippen LogP contribution in [0.3, 0.4) is 0 Å². The Morgan fingerprint density at radius 2 is 1.82 bits per heavy atom. The summed E-state index contributed by atoms with van der Waals surface area (Å²) in [6, 6.07) is 8.95. The number of hydrazone groups is 1. The molecule has 16 heteroatoms. The summed E-state index contributed by atoms with van der Waals surface area (Å²) in [5.41, 5.74) is 3.46. The highest BCUT2D eigenvalue weighted by Gasteiger charge is 2.33. The predicted molar refractivity (Wildman–Crippen MR) is 180 cm³/mol. The van der Waals surface area contributed by atoms with Crippen LogP contribution in [0.5, 0.6) is 5.75 Å². The van der Waals surface area contributed by atoms with E-state index in [1.807, 2.05) is 19.1 Å². The van der Waals surface area contributed by atoms with Crippen molar-refractivity contribution in [3.8, 4) is 5.75 Å². The number of rotatable bonds is 11. The summed E-state index contributed by atoms with van der Waals surface area (Å²) < 4.78 is 45.3. The van der Waals surface area contributed by atoms with Gasteiger partial charge in [-0.3, -0.25) is 14.6 Å². The Labute approximate surface area is 291 Å². The van der Waals surface area contributed by atoms with Gasteiger partial charge in [0.05, 0.1) is 43.9 Å². The van der Waals surface area contributed by atoms with E-state index in [9.17, 15) is 27.9 Å². The standard InChI is InChI=1S/C34H36ClF3N8O4/c1-4-28(42-19-40-15-22-5-6-24-17-50-18-25(24)13-22)30(33(49)46(39-3)16-23-7-8-26(14-27(23)35)34(36,37)38)44-9-11-45(12-10-44)32(48)29-31(47)21(2)41-20-43-29/h5-8,13-14,19-20,47H,3-4,9-12,15-18H2,1-2H3,(H,40,42)/b30-28+. The first-order valence-electron chi connectivity index (χ1n) is 15.8. The average molecular weight is 713 g/mol. The molecule has 2 aliphatic heterocycles. The van der Waals surface area contributed by atoms with Crippen LogP contribution in [0.15, 0.2) is 64.2 Å². The molecule has 1 saturated heterocycles. The zero-order chi connectivity index (χ0) is 36.0. The van der Waals surface area contributed by atoms with Crippen molar-refractivity contribution in [2.45, 2.75) is 52.7 Å². The van der Waals surface area contributed by atoms with Crippen LogP contribution in [0.1, 0.15) is 57.3 Å². The number of benzene rings is 2. The SMILES string of the molecule is C=NN(Cc1ccc(C(F)(F)F)cc1Cl)C(=O)/C(=C(/CC)NC=NCc1ccc2c(c1)COC2)N1CCN(C(=O)c2ncnc(C)c2O)CC1. The number of carbonyl (C=O) groups is 2. The van der Waals surface area contributed by atoms with Crippen LogP contribution < -0.4 is 5.32 Å². The maximum Gasteiger partial charge on any atom is 0.416 e. The Hall–Kier alpha value is -5.02. The van der Waals surface area contributed by atoms with Gasteiger partial charge in [-0.2, -0.15) is 18.3 Å². The van der Waals surface area contributed by atoms with Gasteiger partial charge in [0.2, 0.25) is 0 Å². The third kappa shape index (κ3) is 8.22. The van der Waals surface area contributed by atoms with Gasteiger partial charge in [-0.1, -0.05) is 42.8 Å². The van der Waals surface area contributed by atoms with E-state index < -0.39 is 23.6 Å². The van der Waals surface area contributed by atoms with Gasteiger partial charge in [-0.25, -0.2) is 15.0 Å². The number of alkyl halides is 3. The van der Waals surface area contributed by atoms with Gasteiger partial charge in [0.25, 0.3) is 11.8 Å². The number of aryl methyl sites for hydroxylation is 1. The Kier molecular flexibility index (Phi) is 11.4. The Morgan fingerprint density at radius 3 is 2.50 bits per heavy atom. The van der Waals surface area contributed by atoms with Crippen molar-refractivity contribution >= 4 is 36.5 Å². The Morgan fingerprint density at radius 1 is 1.10 bits per heavy atom. The predicted octanol–water partition coefficient (Wildman–Crippen LogP) is 5.03. The van der Waals surface area contributed by atoms with E-state index in [-0.39, 0.29) is 66.1 Å². The van der Waals surface area contributed by atoms with Crippen LogP contribution in [0, 0.1) is 6.92 Å². The van der Waals surface area contributed by atoms with Gasteiger partial charge in [0.1, 0.15) is 12.0 Å². The lowest BCUT2D eigenvalue weighted by atomic mass is 10.1. The van der Waals surface area contributed by atoms with Crippen LogP contribution in [-0.4, -0.2) is 80.9 Å². The van der Waals surface area contributed by atoms with Gasteiger partial charge in [0, 0.05) is 43.6 Å². The summed E-state index contributed by atoms with van der Waals surface area (Å²) >= 11 is 6.22. The average Bonchev–Trinajstić information content (AvgIpc) is 3.57. The molecule has 2 amide bonds. The summed E-state index contributed by atoms with van der Waals surface area (Å²) in [6.45, 7) is 9.07. The number of aromatic nitrogens is 2. The van der Waals surface area contributed by atoms with Crippen LogP contribution >= 0.6 is 11.6 Å². The lowest BCUT2D eigenvalue weighted by Crippen LogP contribution is -2.51. The van der Waals surface area contributed by atoms with Crippen molar-refractivity contribution in [3.63, 3.8) is 0 Å². The number of fused-ring (bicyclic) bond motifs is 1. The highest BCUT2D eigenvalue weighted by Crippen LogP contribution is 2.33. The second-order valence-corrected chi connectivity index (χ2v) is 12.0. The summed E-state index contributed by atoms with van der Waals surface area (Å²) in [5, 5.41) is 18.3. The molecule has 5 rings (SSSR count). The lowest BCUT2D eigenvalue weighted by molar-refractivity contribution is -0.137. The zero-order valence-corrected chi connectivity index (χ0v) is 28.3. The largest absolute Gasteiger partial charge is 0.504 e. The molecule has 0 unspecified atom stereocenters. The topological polar surface area (TPSA) is 136 Å². The number of ether oxygens (including phenoxy) is 1. The molecule has 0 atom stereocenters. The number of piperazine rings is 1. The number of allylic oxidation sites excluding steroid dienone is 1. The minimum atomic E-state index is -4.59. The summed E-state index contributed by atoms with van der Waals surface area (Å²) in [4.78, 5) is 43.2. The van der Waals surface area contributed by atoms with Gasteiger partial charge in [-0.05, 0) is 47.7 Å². The number of nitrogens with zero attached hydrogens (tertiary/aromatic N) is 7. The van der Waals surface area contributed by atoms with Crippen molar-refractivity contribution in [1.29, 1.82) is 0 Å². The number of amides is 2. The number of aliphatic imine (C=N–C) groups is 1. The van der Waals surface area contributed by atoms with Gasteiger partial charge in [0.15, 0.2) is 11.4 Å². The molecule has 1 aromatic heterocycles. The third-order valence-electron chi connectivity index (χ3n) is 8.43. The first kappa shape index (κ1) is 36.3. The van der Waals surface area contributed by atoms with Crippen molar-refractivity contribution in [3.05, 3.63) is 98.3 Å². The smallest absolute Gasteiger partial charge is 0.416 e. The molecule has 0 bridgehead atoms. The lowest BCUT2D eigenvalue weighted by Gasteiger charge is -2.38. The van der Waals surface area contributed by atoms with E-state index in [1.165, 1.54) is 23.6 Å². The highest BCUT2D eigenvalue weighted by molar-refractivity contribution is 6.31. The molecule has 2 N–H and O–H groups in total. The van der Waals surface area contributed by atoms with E-state index in [0.717, 1.165) is 33.8 Å². The molecule has 0 radical (unpaired) electrons. The van der Waals surface area contributed by atoms with E-state index in [4.69, 9.17) is 16.3 Å². The Balaban J connectivity index is 1.39. The van der Waals surface area contributed by atoms with Crippen LogP contribution in [-0.2, 0) is 42.0 Å². The molecule has 2 aromatic carbocycles. The second kappa shape index (κ2) is 15.7. The molecular formula is C34H36ClF3N8O4. The monoisotopic (exact) mass is 712 g/mol. The fraction of sp³-hybridized carbons (Fsp3) is 0.353. The minimum Gasteiger partial charge on any atom is -0.504 e. The minimum absolute atomic E-state index is 0.115. The number of nitrogens with one attached hydrogen (secondary N) is 1. The molecule has 3 heterocycles. The molecule has 0 spiro atoms. The Bertz CT molecular complexity index is 1830. The van der Waals surface area contributed by atoms with Gasteiger partial charge >= 0.3 is 6.18 Å². The van der Waals surface area contributed by atoms with Gasteiger partial charge < -0.3 is 25.0 Å². The normalized spacial score (nSPS) is 15.2. The van der Waals surface area contributed by atoms with E-state index in [2.05, 4.69) is 38.2 Å². The van der Waals surface area contributed by atoms with Crippen LogP contribution in [0.4, 0.5) is 13.2 Å². The zero-order valence-electron chi connectivity index (χ0n) is 27.5. The third-order valence-corrected chi connectivity index (χ3v) is 8.78. The number of aromatic hydroxyl groups is 1. The van der Waals surface area contributed by atoms with Crippen LogP contribution in [0.25, 0.3) is 0 Å². The fourth-order valence-corrected chi connectivity index (χ4v) is 5.86. The number of hydrogen-bond acceptors (Lipinski definition) is 9. The second-order valence-electron chi connectivity index (χ2n) is 11.6. The molecular weight excluding hydrogens is 677 g/mol. The van der Waals surface area contributed by atoms with Crippen LogP contribution in [0.2, 0.25) is 5.02 Å². The molecule has 0 saturated carbocycles. The van der Waals surface area contributed by atoms with Gasteiger partial charge in [-0.15, -0.1) is 0 Å². The molecule has 1 fully saturated rings. The molecule has 3 aromatic rings. The molecule has 0 aliphatic carbocycles. The molecule has 12 nitrogen and oxygen atoms in total. The highest BCUT2D eigenvalue weighted by atomic mass is 35.5. The number of hydrogen-bond donors (Lipinski definition) is 2. The summed E-state index contributed by atoms with van der Waals surface area (Å²) in [5.74, 6) is -1.36. The quantitative estimate of drug-likeness (QED) is 0.122. The first-order valence-corrected chi connectivity index (χ1v) is 16.1. The molecule has 50 heavy (non-hydrogen) atoms. The molecule has 264 valence electrons. The van der Waals surface area contributed by atoms with Crippen molar-refractivity contribution in [2.75, 3.05) is 26.2 Å². The van der Waals surface area contributed by atoms with Crippen molar-refractivity contribution in [2.24, 2.45) is 10.1 Å². The van der Waals surface area contributed by atoms with Crippen molar-refractivity contribution < 1.29 is 32.6 Å². The fourth-order valence-electron chi connectivity index (χ4n) is 5.62. The maximum absolute atomic E-state index is 14.2. The van der Waals surface area contributed by atoms with E-state index in [1.54, 1.807) is 11.8 Å². The van der Waals surface area contributed by atoms with Crippen molar-refractivity contribution in [1.82, 2.24) is 30.1 Å². The van der Waals surface area contributed by atoms with E-state index in [0.29, 0.717) is 31.9 Å². The summed E-state index contributed by atoms with van der Waals surface area (Å²) in [6.07, 6.45) is -1.51. The number of carbonyl (C=O) groups excluding carboxylic acids is 2. The first-order chi connectivity index (χ1) is 23.9.